The van der Waals surface area contributed by atoms with E-state index in [1.807, 2.05) is 24.1 Å². The zero-order chi connectivity index (χ0) is 23.9. The number of nitrogens with zero attached hydrogens (tertiary/aromatic N) is 1. The minimum absolute atomic E-state index is 0.183. The van der Waals surface area contributed by atoms with Gasteiger partial charge in [-0.3, -0.25) is 9.69 Å². The third-order valence-corrected chi connectivity index (χ3v) is 6.75. The lowest BCUT2D eigenvalue weighted by molar-refractivity contribution is -0.127. The molecule has 0 aliphatic heterocycles. The van der Waals surface area contributed by atoms with Crippen LogP contribution < -0.4 is 5.32 Å². The molecule has 4 rings (SSSR count). The van der Waals surface area contributed by atoms with E-state index in [0.29, 0.717) is 18.1 Å². The van der Waals surface area contributed by atoms with E-state index < -0.39 is 6.04 Å². The van der Waals surface area contributed by atoms with Crippen LogP contribution in [-0.2, 0) is 24.2 Å². The molecule has 1 aliphatic rings. The van der Waals surface area contributed by atoms with Gasteiger partial charge in [0.15, 0.2) is 0 Å². The summed E-state index contributed by atoms with van der Waals surface area (Å²) in [5, 5.41) is 13.5. The summed E-state index contributed by atoms with van der Waals surface area (Å²) < 4.78 is 0. The largest absolute Gasteiger partial charge is 0.394 e. The maximum atomic E-state index is 12.7. The highest BCUT2D eigenvalue weighted by Crippen LogP contribution is 2.33. The first-order chi connectivity index (χ1) is 16.6. The van der Waals surface area contributed by atoms with E-state index >= 15 is 0 Å². The number of hydrogen-bond acceptors (Lipinski definition) is 3. The van der Waals surface area contributed by atoms with Gasteiger partial charge in [-0.05, 0) is 71.8 Å². The van der Waals surface area contributed by atoms with Gasteiger partial charge in [0.1, 0.15) is 6.04 Å². The molecule has 4 nitrogen and oxygen atoms in total. The fourth-order valence-corrected chi connectivity index (χ4v) is 4.66. The molecule has 0 radical (unpaired) electrons. The second-order valence-electron chi connectivity index (χ2n) is 8.74. The second-order valence-corrected chi connectivity index (χ2v) is 9.18. The highest BCUT2D eigenvalue weighted by molar-refractivity contribution is 6.30. The van der Waals surface area contributed by atoms with Crippen molar-refractivity contribution in [1.29, 1.82) is 0 Å². The van der Waals surface area contributed by atoms with E-state index in [9.17, 15) is 9.90 Å². The first kappa shape index (κ1) is 24.2. The van der Waals surface area contributed by atoms with E-state index in [2.05, 4.69) is 59.9 Å². The fourth-order valence-electron chi connectivity index (χ4n) is 4.54. The Kier molecular flexibility index (Phi) is 8.17. The van der Waals surface area contributed by atoms with Crippen molar-refractivity contribution in [3.63, 3.8) is 0 Å². The van der Waals surface area contributed by atoms with Crippen LogP contribution in [0.25, 0.3) is 5.57 Å². The molecule has 34 heavy (non-hydrogen) atoms. The van der Waals surface area contributed by atoms with Crippen molar-refractivity contribution in [3.05, 3.63) is 112 Å². The van der Waals surface area contributed by atoms with Crippen molar-refractivity contribution in [2.75, 3.05) is 20.2 Å². The van der Waals surface area contributed by atoms with Gasteiger partial charge in [0.25, 0.3) is 0 Å². The molecule has 0 saturated carbocycles. The summed E-state index contributed by atoms with van der Waals surface area (Å²) in [6.07, 6.45) is 5.12. The van der Waals surface area contributed by atoms with Crippen molar-refractivity contribution >= 4 is 23.1 Å². The van der Waals surface area contributed by atoms with Gasteiger partial charge in [0.05, 0.1) is 6.61 Å². The van der Waals surface area contributed by atoms with Gasteiger partial charge in [-0.1, -0.05) is 78.3 Å². The van der Waals surface area contributed by atoms with Gasteiger partial charge in [-0.2, -0.15) is 0 Å². The Labute approximate surface area is 206 Å². The predicted molar refractivity (Wildman–Crippen MR) is 139 cm³/mol. The third-order valence-electron chi connectivity index (χ3n) is 6.50. The van der Waals surface area contributed by atoms with Crippen molar-refractivity contribution in [2.45, 2.75) is 31.8 Å². The molecule has 0 spiro atoms. The molecule has 3 aromatic carbocycles. The number of halogens is 1. The Morgan fingerprint density at radius 3 is 2.18 bits per heavy atom. The number of aryl methyl sites for hydroxylation is 2. The van der Waals surface area contributed by atoms with Crippen LogP contribution in [-0.4, -0.2) is 42.2 Å². The van der Waals surface area contributed by atoms with Gasteiger partial charge in [-0.15, -0.1) is 0 Å². The number of fused-ring (bicyclic) bond motifs is 2. The topological polar surface area (TPSA) is 52.6 Å². The standard InChI is InChI=1S/C29H31ClN2O2/c1-32(28(20-33)29(34)31-19-21-12-16-24(30)17-13-21)18-6-11-27-25-9-4-2-7-22(25)14-15-23-8-3-5-10-26(23)27/h2-5,7-13,16-17,28,33H,6,14-15,18-20H2,1H3,(H,31,34). The number of aliphatic hydroxyl groups excluding tert-OH is 1. The van der Waals surface area contributed by atoms with Gasteiger partial charge >= 0.3 is 0 Å². The lowest BCUT2D eigenvalue weighted by Crippen LogP contribution is -2.47. The highest BCUT2D eigenvalue weighted by atomic mass is 35.5. The molecule has 176 valence electrons. The maximum absolute atomic E-state index is 12.7. The molecule has 3 aromatic rings. The molecule has 0 fully saturated rings. The average Bonchev–Trinajstić information content (AvgIpc) is 3.01. The Morgan fingerprint density at radius 2 is 1.59 bits per heavy atom. The number of carbonyl (C=O) groups excluding carboxylic acids is 1. The molecule has 1 amide bonds. The number of nitrogens with one attached hydrogen (secondary N) is 1. The first-order valence-corrected chi connectivity index (χ1v) is 12.1. The summed E-state index contributed by atoms with van der Waals surface area (Å²) in [5.41, 5.74) is 7.53. The zero-order valence-corrected chi connectivity index (χ0v) is 20.3. The molecule has 5 heteroatoms. The normalized spacial score (nSPS) is 13.6. The Morgan fingerprint density at radius 1 is 1.00 bits per heavy atom. The molecule has 0 heterocycles. The van der Waals surface area contributed by atoms with Crippen LogP contribution in [0.5, 0.6) is 0 Å². The molecule has 1 aliphatic carbocycles. The van der Waals surface area contributed by atoms with Crippen molar-refractivity contribution in [2.24, 2.45) is 0 Å². The number of carbonyl (C=O) groups is 1. The van der Waals surface area contributed by atoms with Gasteiger partial charge in [0, 0.05) is 18.1 Å². The summed E-state index contributed by atoms with van der Waals surface area (Å²) in [4.78, 5) is 14.7. The van der Waals surface area contributed by atoms with Crippen LogP contribution in [0.4, 0.5) is 0 Å². The van der Waals surface area contributed by atoms with Crippen molar-refractivity contribution in [3.8, 4) is 0 Å². The van der Waals surface area contributed by atoms with Crippen LogP contribution in [0.3, 0.4) is 0 Å². The zero-order valence-electron chi connectivity index (χ0n) is 19.5. The van der Waals surface area contributed by atoms with Crippen LogP contribution in [0.2, 0.25) is 5.02 Å². The lowest BCUT2D eigenvalue weighted by atomic mass is 9.93. The fraction of sp³-hybridized carbons (Fsp3) is 0.276. The monoisotopic (exact) mass is 474 g/mol. The van der Waals surface area contributed by atoms with Crippen molar-refractivity contribution in [1.82, 2.24) is 10.2 Å². The van der Waals surface area contributed by atoms with Gasteiger partial charge < -0.3 is 10.4 Å². The number of hydrogen-bond donors (Lipinski definition) is 2. The van der Waals surface area contributed by atoms with Crippen molar-refractivity contribution < 1.29 is 9.90 Å². The SMILES string of the molecule is CN(CCC=C1c2ccccc2CCc2ccccc21)C(CO)C(=O)NCc1ccc(Cl)cc1. The Hall–Kier alpha value is -2.92. The first-order valence-electron chi connectivity index (χ1n) is 11.8. The van der Waals surface area contributed by atoms with E-state index in [4.69, 9.17) is 11.6 Å². The summed E-state index contributed by atoms with van der Waals surface area (Å²) in [6.45, 7) is 0.830. The number of likely N-dealkylation sites (N-methyl/N-ethyl adjacent to an activating group) is 1. The maximum Gasteiger partial charge on any atom is 0.239 e. The summed E-state index contributed by atoms with van der Waals surface area (Å²) >= 11 is 5.93. The van der Waals surface area contributed by atoms with Crippen LogP contribution >= 0.6 is 11.6 Å². The molecular weight excluding hydrogens is 444 g/mol. The number of rotatable bonds is 8. The third kappa shape index (κ3) is 5.76. The van der Waals surface area contributed by atoms with Gasteiger partial charge in [0.2, 0.25) is 5.91 Å². The lowest BCUT2D eigenvalue weighted by Gasteiger charge is -2.25. The summed E-state index contributed by atoms with van der Waals surface area (Å²) in [7, 11) is 1.89. The molecule has 1 unspecified atom stereocenters. The van der Waals surface area contributed by atoms with E-state index in [0.717, 1.165) is 24.8 Å². The molecule has 0 aromatic heterocycles. The van der Waals surface area contributed by atoms with E-state index in [-0.39, 0.29) is 12.5 Å². The van der Waals surface area contributed by atoms with E-state index in [1.165, 1.54) is 27.8 Å². The summed E-state index contributed by atoms with van der Waals surface area (Å²) in [5.74, 6) is -0.183. The number of amides is 1. The average molecular weight is 475 g/mol. The number of benzene rings is 3. The molecule has 1 atom stereocenters. The quantitative estimate of drug-likeness (QED) is 0.489. The Balaban J connectivity index is 1.43. The molecular formula is C29H31ClN2O2. The minimum atomic E-state index is -0.598. The Bertz CT molecular complexity index is 1110. The van der Waals surface area contributed by atoms with Gasteiger partial charge in [-0.25, -0.2) is 0 Å². The highest BCUT2D eigenvalue weighted by Gasteiger charge is 2.22. The van der Waals surface area contributed by atoms with Crippen LogP contribution in [0, 0.1) is 0 Å². The second kappa shape index (κ2) is 11.5. The summed E-state index contributed by atoms with van der Waals surface area (Å²) in [6, 6.07) is 24.0. The minimum Gasteiger partial charge on any atom is -0.394 e. The predicted octanol–water partition coefficient (Wildman–Crippen LogP) is 4.87. The van der Waals surface area contributed by atoms with Crippen LogP contribution in [0.1, 0.15) is 34.2 Å². The smallest absolute Gasteiger partial charge is 0.239 e. The molecule has 0 saturated heterocycles. The number of aliphatic hydroxyl groups is 1. The van der Waals surface area contributed by atoms with Crippen LogP contribution in [0.15, 0.2) is 78.9 Å². The molecule has 2 N–H and O–H groups in total. The van der Waals surface area contributed by atoms with E-state index in [1.54, 1.807) is 12.1 Å². The molecule has 0 bridgehead atoms.